The van der Waals surface area contributed by atoms with Gasteiger partial charge in [0.25, 0.3) is 11.1 Å². The molecule has 8 N–H and O–H groups in total. The normalized spacial score (nSPS) is 30.5. The molecule has 0 aliphatic carbocycles. The van der Waals surface area contributed by atoms with E-state index in [-0.39, 0.29) is 44.7 Å². The average Bonchev–Trinajstić information content (AvgIpc) is 3.72. The van der Waals surface area contributed by atoms with Crippen molar-refractivity contribution in [3.63, 3.8) is 0 Å². The maximum atomic E-state index is 13.8. The maximum Gasteiger partial charge on any atom is 0.330 e. The van der Waals surface area contributed by atoms with E-state index in [2.05, 4.69) is 11.1 Å². The van der Waals surface area contributed by atoms with Crippen LogP contribution >= 0.6 is 0 Å². The van der Waals surface area contributed by atoms with Gasteiger partial charge >= 0.3 is 17.1 Å². The van der Waals surface area contributed by atoms with Gasteiger partial charge in [-0.3, -0.25) is 28.7 Å². The summed E-state index contributed by atoms with van der Waals surface area (Å²) in [4.78, 5) is 73.6. The van der Waals surface area contributed by atoms with Crippen molar-refractivity contribution in [2.75, 3.05) is 19.8 Å². The Morgan fingerprint density at radius 3 is 1.57 bits per heavy atom. The summed E-state index contributed by atoms with van der Waals surface area (Å²) in [6.07, 6.45) is -11.3. The molecule has 0 saturated carbocycles. The molecule has 3 aliphatic rings. The third-order valence-electron chi connectivity index (χ3n) is 8.23. The van der Waals surface area contributed by atoms with Crippen molar-refractivity contribution in [1.29, 1.82) is 0 Å². The number of aryl methyl sites for hydroxylation is 2. The number of aliphatic hydroxyl groups is 5. The van der Waals surface area contributed by atoms with E-state index in [0.29, 0.717) is 5.56 Å². The van der Waals surface area contributed by atoms with Gasteiger partial charge in [0.15, 0.2) is 24.8 Å². The van der Waals surface area contributed by atoms with Gasteiger partial charge in [0, 0.05) is 62.7 Å². The second-order valence-corrected chi connectivity index (χ2v) is 11.8. The molecule has 24 heteroatoms. The van der Waals surface area contributed by atoms with Gasteiger partial charge in [0.05, 0.1) is 25.4 Å². The zero-order chi connectivity index (χ0) is 38.6. The molecule has 0 bridgehead atoms. The molecular weight excluding hydrogens is 802 g/mol. The van der Waals surface area contributed by atoms with Gasteiger partial charge < -0.3 is 60.2 Å². The number of aliphatic hydroxyl groups excluding tert-OH is 5. The molecule has 6 rings (SSSR count). The van der Waals surface area contributed by atoms with E-state index in [0.717, 1.165) is 26.1 Å². The van der Waals surface area contributed by atoms with Crippen LogP contribution in [0.3, 0.4) is 0 Å². The van der Waals surface area contributed by atoms with Crippen LogP contribution in [0, 0.1) is 19.9 Å². The van der Waals surface area contributed by atoms with Gasteiger partial charge in [0.2, 0.25) is 0 Å². The van der Waals surface area contributed by atoms with Crippen LogP contribution in [0.4, 0.5) is 13.2 Å². The molecule has 20 nitrogen and oxygen atoms in total. The molecule has 53 heavy (non-hydrogen) atoms. The van der Waals surface area contributed by atoms with Gasteiger partial charge in [-0.15, -0.1) is 0 Å². The summed E-state index contributed by atoms with van der Waals surface area (Å²) in [5, 5.41) is 45.4. The topological polar surface area (TPSA) is 293 Å². The van der Waals surface area contributed by atoms with E-state index < -0.39 is 121 Å². The Bertz CT molecular complexity index is 2050. The summed E-state index contributed by atoms with van der Waals surface area (Å²) in [6.45, 7) is 1.43. The Hall–Kier alpha value is -3.39. The van der Waals surface area contributed by atoms with E-state index in [1.165, 1.54) is 13.1 Å². The molecule has 3 aromatic rings. The quantitative estimate of drug-likeness (QED) is 0.109. The van der Waals surface area contributed by atoms with Crippen molar-refractivity contribution in [3.05, 3.63) is 98.3 Å². The van der Waals surface area contributed by atoms with E-state index >= 15 is 0 Å². The summed E-state index contributed by atoms with van der Waals surface area (Å²) in [5.74, 6) is 0. The zero-order valence-electron chi connectivity index (χ0n) is 27.9. The van der Waals surface area contributed by atoms with Crippen LogP contribution < -0.4 is 33.7 Å². The third kappa shape index (κ3) is 9.84. The second kappa shape index (κ2) is 18.8. The Morgan fingerprint density at radius 1 is 0.698 bits per heavy atom. The minimum absolute atomic E-state index is 0. The monoisotopic (exact) mass is 838 g/mol. The molecule has 1 radical (unpaired) electrons. The SMILES string of the molecule is Cc1cn([C@@H]2O[C@H](CO)[C@@H](O)C2F)c(=O)[nH]c1=O.Cc1cn([C@H]2C[C@H](F)[C@@H](CO)O2)c(=O)[nH]c1=O.O=c1[c-]cn([C@@H]2O[C@H](CO)[C@@H](O)C2F)c(=O)[nH]1.[Y]. The summed E-state index contributed by atoms with van der Waals surface area (Å²) in [7, 11) is 0. The molecule has 0 aromatic carbocycles. The van der Waals surface area contributed by atoms with Crippen LogP contribution in [-0.2, 0) is 46.9 Å². The minimum Gasteiger partial charge on any atom is -0.394 e. The van der Waals surface area contributed by atoms with Crippen LogP contribution in [0.1, 0.15) is 36.2 Å². The minimum atomic E-state index is -1.87. The Kier molecular flexibility index (Phi) is 15.6. The molecular formula is C29H36F3N6O14Y-. The van der Waals surface area contributed by atoms with E-state index in [4.69, 9.17) is 29.5 Å². The standard InChI is InChI=1S/C10H13FN2O5.C10H13FN2O4.C9H10FN2O5.Y/c1-4-2-13(10(17)12-8(4)16)9-6(11)7(15)5(3-14)18-9;1-5-3-13(10(16)12-9(5)15)8-2-6(11)7(4-14)17-8;10-6-7(15)4(3-13)17-8(6)12-2-1-5(14)11-9(12)16;/h2,5-7,9,14-15H,3H2,1H3,(H,12,16,17);3,6-8,14H,2,4H2,1H3,(H,12,15,16);2,4,6-8,13,15H,3H2,(H,11,14,16);/q;;-1;/t5-,6?,7-,9-;6-,7+,8+;4-,6?,7-,8-;/m101./s1. The molecule has 11 atom stereocenters. The zero-order valence-corrected chi connectivity index (χ0v) is 30.7. The Balaban J connectivity index is 0.000000212. The van der Waals surface area contributed by atoms with Crippen molar-refractivity contribution >= 4 is 0 Å². The first-order valence-electron chi connectivity index (χ1n) is 15.5. The van der Waals surface area contributed by atoms with Crippen LogP contribution in [0.5, 0.6) is 0 Å². The van der Waals surface area contributed by atoms with Crippen LogP contribution in [-0.4, -0.2) is 123 Å². The molecule has 6 heterocycles. The van der Waals surface area contributed by atoms with Gasteiger partial charge in [-0.1, -0.05) is 0 Å². The van der Waals surface area contributed by atoms with Crippen molar-refractivity contribution in [2.24, 2.45) is 0 Å². The molecule has 3 fully saturated rings. The maximum absolute atomic E-state index is 13.8. The number of hydrogen-bond acceptors (Lipinski definition) is 14. The van der Waals surface area contributed by atoms with Crippen molar-refractivity contribution in [1.82, 2.24) is 28.7 Å². The molecule has 0 amide bonds. The van der Waals surface area contributed by atoms with Gasteiger partial charge in [-0.2, -0.15) is 6.20 Å². The third-order valence-corrected chi connectivity index (χ3v) is 8.23. The van der Waals surface area contributed by atoms with Crippen LogP contribution in [0.2, 0.25) is 0 Å². The summed E-state index contributed by atoms with van der Waals surface area (Å²) >= 11 is 0. The van der Waals surface area contributed by atoms with Gasteiger partial charge in [0.1, 0.15) is 42.9 Å². The Labute approximate surface area is 319 Å². The smallest absolute Gasteiger partial charge is 0.330 e. The van der Waals surface area contributed by atoms with Crippen molar-refractivity contribution in [3.8, 4) is 0 Å². The molecule has 3 aliphatic heterocycles. The molecule has 0 spiro atoms. The Morgan fingerprint density at radius 2 is 1.13 bits per heavy atom. The number of halogens is 3. The average molecular weight is 839 g/mol. The first-order chi connectivity index (χ1) is 24.5. The summed E-state index contributed by atoms with van der Waals surface area (Å²) < 4.78 is 58.8. The number of ether oxygens (including phenoxy) is 3. The van der Waals surface area contributed by atoms with Crippen LogP contribution in [0.25, 0.3) is 0 Å². The largest absolute Gasteiger partial charge is 0.394 e. The van der Waals surface area contributed by atoms with E-state index in [1.54, 1.807) is 6.92 Å². The predicted octanol–water partition coefficient (Wildman–Crippen LogP) is -4.18. The van der Waals surface area contributed by atoms with Gasteiger partial charge in [-0.05, 0) is 13.8 Å². The number of aromatic amines is 3. The van der Waals surface area contributed by atoms with E-state index in [9.17, 15) is 52.2 Å². The first-order valence-corrected chi connectivity index (χ1v) is 15.5. The number of alkyl halides is 3. The van der Waals surface area contributed by atoms with Crippen molar-refractivity contribution < 1.29 is 85.6 Å². The van der Waals surface area contributed by atoms with Gasteiger partial charge in [-0.25, -0.2) is 27.6 Å². The number of rotatable bonds is 6. The fourth-order valence-electron chi connectivity index (χ4n) is 5.33. The number of aromatic nitrogens is 6. The summed E-state index contributed by atoms with van der Waals surface area (Å²) in [6, 6.07) is 2.15. The number of nitrogens with zero attached hydrogens (tertiary/aromatic N) is 3. The fourth-order valence-corrected chi connectivity index (χ4v) is 5.33. The van der Waals surface area contributed by atoms with E-state index in [1.807, 2.05) is 9.97 Å². The first kappa shape index (κ1) is 44.0. The number of H-pyrrole nitrogens is 3. The molecule has 2 unspecified atom stereocenters. The molecule has 3 saturated heterocycles. The molecule has 291 valence electrons. The number of hydrogen-bond donors (Lipinski definition) is 8. The fraction of sp³-hybridized carbons (Fsp3) is 0.586. The number of nitrogens with one attached hydrogen (secondary N) is 3. The molecule has 3 aromatic heterocycles. The van der Waals surface area contributed by atoms with Crippen LogP contribution in [0.15, 0.2) is 47.4 Å². The van der Waals surface area contributed by atoms with Crippen molar-refractivity contribution in [2.45, 2.75) is 88.0 Å². The predicted molar refractivity (Wildman–Crippen MR) is 167 cm³/mol. The summed E-state index contributed by atoms with van der Waals surface area (Å²) in [5.41, 5.74) is -3.56. The second-order valence-electron chi connectivity index (χ2n) is 11.8.